The number of rotatable bonds is 12. The summed E-state index contributed by atoms with van der Waals surface area (Å²) in [7, 11) is -4.27. The summed E-state index contributed by atoms with van der Waals surface area (Å²) in [5.74, 6) is -0.923. The molecule has 1 N–H and O–H groups in total. The Bertz CT molecular complexity index is 1650. The van der Waals surface area contributed by atoms with E-state index in [0.717, 1.165) is 21.0 Å². The Morgan fingerprint density at radius 1 is 0.814 bits per heavy atom. The fourth-order valence-electron chi connectivity index (χ4n) is 4.65. The SMILES string of the molecule is CCNC(=O)[C@H](Cc1ccccc1)N(Cc1ccc(C)cc1)C(=O)CN(c1cccc(Cl)c1Cl)S(=O)(=O)c1ccccc1. The molecule has 224 valence electrons. The Morgan fingerprint density at radius 2 is 1.44 bits per heavy atom. The molecule has 0 aliphatic rings. The van der Waals surface area contributed by atoms with Crippen molar-refractivity contribution in [1.82, 2.24) is 10.2 Å². The Hall–Kier alpha value is -3.85. The van der Waals surface area contributed by atoms with E-state index in [-0.39, 0.29) is 39.5 Å². The minimum absolute atomic E-state index is 0.00822. The lowest BCUT2D eigenvalue weighted by Crippen LogP contribution is -2.53. The van der Waals surface area contributed by atoms with Crippen LogP contribution in [0.2, 0.25) is 10.0 Å². The van der Waals surface area contributed by atoms with E-state index in [0.29, 0.717) is 6.54 Å². The maximum Gasteiger partial charge on any atom is 0.264 e. The lowest BCUT2D eigenvalue weighted by molar-refractivity contribution is -0.140. The van der Waals surface area contributed by atoms with Crippen LogP contribution in [0.5, 0.6) is 0 Å². The normalized spacial score (nSPS) is 11.9. The molecule has 0 saturated carbocycles. The standard InChI is InChI=1S/C33H33Cl2N3O4S/c1-3-36-33(40)30(21-25-11-6-4-7-12-25)37(22-26-19-17-24(2)18-20-26)31(39)23-38(29-16-10-15-28(34)32(29)35)43(41,42)27-13-8-5-9-14-27/h4-20,30H,3,21-23H2,1-2H3,(H,36,40)/t30-/m0/s1. The summed E-state index contributed by atoms with van der Waals surface area (Å²) in [4.78, 5) is 29.3. The van der Waals surface area contributed by atoms with Crippen molar-refractivity contribution in [2.24, 2.45) is 0 Å². The molecule has 4 aromatic rings. The highest BCUT2D eigenvalue weighted by atomic mass is 35.5. The van der Waals surface area contributed by atoms with E-state index in [1.165, 1.54) is 29.2 Å². The predicted octanol–water partition coefficient (Wildman–Crippen LogP) is 6.27. The third-order valence-corrected chi connectivity index (χ3v) is 9.49. The second-order valence-electron chi connectivity index (χ2n) is 10.0. The van der Waals surface area contributed by atoms with E-state index >= 15 is 0 Å². The Kier molecular flexibility index (Phi) is 10.9. The molecule has 2 amide bonds. The molecule has 0 aliphatic heterocycles. The summed E-state index contributed by atoms with van der Waals surface area (Å²) in [6.07, 6.45) is 0.230. The van der Waals surface area contributed by atoms with Gasteiger partial charge in [-0.3, -0.25) is 13.9 Å². The monoisotopic (exact) mass is 637 g/mol. The summed E-state index contributed by atoms with van der Waals surface area (Å²) in [6, 6.07) is 28.5. The number of sulfonamides is 1. The first kappa shape index (κ1) is 32.1. The highest BCUT2D eigenvalue weighted by Crippen LogP contribution is 2.35. The fourth-order valence-corrected chi connectivity index (χ4v) is 6.55. The van der Waals surface area contributed by atoms with Gasteiger partial charge >= 0.3 is 0 Å². The van der Waals surface area contributed by atoms with Crippen LogP contribution in [0.4, 0.5) is 5.69 Å². The third-order valence-electron chi connectivity index (χ3n) is 6.91. The van der Waals surface area contributed by atoms with Crippen LogP contribution in [0.25, 0.3) is 0 Å². The molecule has 43 heavy (non-hydrogen) atoms. The molecule has 0 radical (unpaired) electrons. The van der Waals surface area contributed by atoms with Crippen molar-refractivity contribution < 1.29 is 18.0 Å². The maximum absolute atomic E-state index is 14.4. The first-order chi connectivity index (χ1) is 20.6. The highest BCUT2D eigenvalue weighted by Gasteiger charge is 2.35. The van der Waals surface area contributed by atoms with Gasteiger partial charge in [0.15, 0.2) is 0 Å². The lowest BCUT2D eigenvalue weighted by atomic mass is 10.0. The number of anilines is 1. The molecular weight excluding hydrogens is 605 g/mol. The molecule has 0 bridgehead atoms. The minimum atomic E-state index is -4.27. The molecule has 4 aromatic carbocycles. The third kappa shape index (κ3) is 7.96. The molecule has 0 spiro atoms. The van der Waals surface area contributed by atoms with Crippen LogP contribution in [0.15, 0.2) is 108 Å². The van der Waals surface area contributed by atoms with Gasteiger partial charge in [0.1, 0.15) is 12.6 Å². The summed E-state index contributed by atoms with van der Waals surface area (Å²) < 4.78 is 29.0. The molecule has 0 aromatic heterocycles. The first-order valence-electron chi connectivity index (χ1n) is 13.8. The zero-order valence-electron chi connectivity index (χ0n) is 23.9. The van der Waals surface area contributed by atoms with E-state index in [1.54, 1.807) is 31.2 Å². The van der Waals surface area contributed by atoms with Crippen LogP contribution >= 0.6 is 23.2 Å². The Balaban J connectivity index is 1.81. The van der Waals surface area contributed by atoms with Crippen molar-refractivity contribution in [1.29, 1.82) is 0 Å². The maximum atomic E-state index is 14.4. The molecule has 0 saturated heterocycles. The van der Waals surface area contributed by atoms with Crippen molar-refractivity contribution >= 4 is 50.7 Å². The van der Waals surface area contributed by atoms with Crippen molar-refractivity contribution in [2.45, 2.75) is 37.8 Å². The number of nitrogens with one attached hydrogen (secondary N) is 1. The quantitative estimate of drug-likeness (QED) is 0.198. The zero-order valence-corrected chi connectivity index (χ0v) is 26.2. The average Bonchev–Trinajstić information content (AvgIpc) is 3.01. The minimum Gasteiger partial charge on any atom is -0.355 e. The van der Waals surface area contributed by atoms with Crippen LogP contribution in [0, 0.1) is 6.92 Å². The summed E-state index contributed by atoms with van der Waals surface area (Å²) in [6.45, 7) is 3.59. The van der Waals surface area contributed by atoms with Crippen LogP contribution in [-0.2, 0) is 32.6 Å². The average molecular weight is 639 g/mol. The van der Waals surface area contributed by atoms with Crippen molar-refractivity contribution in [3.05, 3.63) is 130 Å². The van der Waals surface area contributed by atoms with Crippen LogP contribution in [0.1, 0.15) is 23.6 Å². The predicted molar refractivity (Wildman–Crippen MR) is 172 cm³/mol. The number of halogens is 2. The van der Waals surface area contributed by atoms with Gasteiger partial charge in [-0.1, -0.05) is 108 Å². The number of likely N-dealkylation sites (N-methyl/N-ethyl adjacent to an activating group) is 1. The van der Waals surface area contributed by atoms with Gasteiger partial charge < -0.3 is 10.2 Å². The molecular formula is C33H33Cl2N3O4S. The van der Waals surface area contributed by atoms with Crippen LogP contribution < -0.4 is 9.62 Å². The summed E-state index contributed by atoms with van der Waals surface area (Å²) in [5, 5.41) is 2.98. The number of nitrogens with zero attached hydrogens (tertiary/aromatic N) is 2. The van der Waals surface area contributed by atoms with Crippen molar-refractivity contribution in [2.75, 3.05) is 17.4 Å². The highest BCUT2D eigenvalue weighted by molar-refractivity contribution is 7.92. The van der Waals surface area contributed by atoms with Gasteiger partial charge in [0.05, 0.1) is 20.6 Å². The number of carbonyl (C=O) groups is 2. The molecule has 1 atom stereocenters. The molecule has 7 nitrogen and oxygen atoms in total. The fraction of sp³-hybridized carbons (Fsp3) is 0.212. The van der Waals surface area contributed by atoms with Gasteiger partial charge in [-0.2, -0.15) is 0 Å². The van der Waals surface area contributed by atoms with E-state index in [2.05, 4.69) is 5.32 Å². The first-order valence-corrected chi connectivity index (χ1v) is 16.0. The van der Waals surface area contributed by atoms with Crippen molar-refractivity contribution in [3.8, 4) is 0 Å². The second-order valence-corrected chi connectivity index (χ2v) is 12.7. The number of benzene rings is 4. The lowest BCUT2D eigenvalue weighted by Gasteiger charge is -2.34. The number of hydrogen-bond acceptors (Lipinski definition) is 4. The van der Waals surface area contributed by atoms with Crippen LogP contribution in [-0.4, -0.2) is 44.3 Å². The number of aryl methyl sites for hydroxylation is 1. The summed E-state index contributed by atoms with van der Waals surface area (Å²) in [5.41, 5.74) is 2.74. The Labute approximate surface area is 263 Å². The van der Waals surface area contributed by atoms with E-state index < -0.39 is 28.5 Å². The number of carbonyl (C=O) groups excluding carboxylic acids is 2. The molecule has 0 heterocycles. The zero-order chi connectivity index (χ0) is 31.0. The summed E-state index contributed by atoms with van der Waals surface area (Å²) >= 11 is 12.8. The molecule has 0 fully saturated rings. The van der Waals surface area contributed by atoms with Gasteiger partial charge in [0.2, 0.25) is 11.8 Å². The smallest absolute Gasteiger partial charge is 0.264 e. The van der Waals surface area contributed by atoms with Gasteiger partial charge in [0, 0.05) is 19.5 Å². The van der Waals surface area contributed by atoms with Crippen molar-refractivity contribution in [3.63, 3.8) is 0 Å². The molecule has 4 rings (SSSR count). The van der Waals surface area contributed by atoms with Gasteiger partial charge in [0.25, 0.3) is 10.0 Å². The van der Waals surface area contributed by atoms with Gasteiger partial charge in [-0.15, -0.1) is 0 Å². The second kappa shape index (κ2) is 14.6. The molecule has 0 aliphatic carbocycles. The number of hydrogen-bond donors (Lipinski definition) is 1. The topological polar surface area (TPSA) is 86.8 Å². The Morgan fingerprint density at radius 3 is 2.07 bits per heavy atom. The van der Waals surface area contributed by atoms with E-state index in [9.17, 15) is 18.0 Å². The number of amides is 2. The van der Waals surface area contributed by atoms with E-state index in [1.807, 2.05) is 61.5 Å². The largest absolute Gasteiger partial charge is 0.355 e. The molecule has 10 heteroatoms. The van der Waals surface area contributed by atoms with Crippen LogP contribution in [0.3, 0.4) is 0 Å². The van der Waals surface area contributed by atoms with Gasteiger partial charge in [-0.25, -0.2) is 8.42 Å². The van der Waals surface area contributed by atoms with E-state index in [4.69, 9.17) is 23.2 Å². The molecule has 0 unspecified atom stereocenters. The van der Waals surface area contributed by atoms with Gasteiger partial charge in [-0.05, 0) is 49.2 Å².